The van der Waals surface area contributed by atoms with Crippen LogP contribution >= 0.6 is 17.0 Å². The molecule has 2 heterocycles. The monoisotopic (exact) mass is 659 g/mol. The number of nitrogens with zero attached hydrogens (tertiary/aromatic N) is 2. The Morgan fingerprint density at radius 1 is 0.650 bits per heavy atom. The van der Waals surface area contributed by atoms with E-state index in [1.807, 2.05) is 24.5 Å². The Balaban J connectivity index is 1.60. The van der Waals surface area contributed by atoms with Crippen LogP contribution < -0.4 is 0 Å². The Kier molecular flexibility index (Phi) is 7.02. The van der Waals surface area contributed by atoms with E-state index in [0.29, 0.717) is 0 Å². The molecule has 0 saturated heterocycles. The Labute approximate surface area is 247 Å². The third-order valence-corrected chi connectivity index (χ3v) is 61.3. The first kappa shape index (κ1) is 28.0. The van der Waals surface area contributed by atoms with Crippen molar-refractivity contribution >= 4 is 35.1 Å². The molecule has 2 atom stereocenters. The van der Waals surface area contributed by atoms with Crippen molar-refractivity contribution in [3.05, 3.63) is 118 Å². The summed E-state index contributed by atoms with van der Waals surface area (Å²) >= 11 is -4.74. The van der Waals surface area contributed by atoms with Crippen LogP contribution in [0, 0.1) is 13.8 Å². The summed E-state index contributed by atoms with van der Waals surface area (Å²) < 4.78 is 0.124. The minimum absolute atomic E-state index is 0.0620. The number of hydrogen-bond acceptors (Lipinski definition) is 2. The van der Waals surface area contributed by atoms with Gasteiger partial charge in [-0.2, -0.15) is 0 Å². The molecule has 2 nitrogen and oxygen atoms in total. The molecule has 2 aliphatic rings. The molecule has 6 rings (SSSR count). The van der Waals surface area contributed by atoms with Crippen molar-refractivity contribution in [2.75, 3.05) is 0 Å². The maximum absolute atomic E-state index is 8.41. The summed E-state index contributed by atoms with van der Waals surface area (Å²) in [5, 5.41) is 0. The number of halogens is 2. The Bertz CT molecular complexity index is 1590. The second-order valence-corrected chi connectivity index (χ2v) is 54.6. The molecule has 203 valence electrons. The second kappa shape index (κ2) is 10.0. The average Bonchev–Trinajstić information content (AvgIpc) is 3.45. The summed E-state index contributed by atoms with van der Waals surface area (Å²) in [4.78, 5) is 9.43. The first-order valence-electron chi connectivity index (χ1n) is 14.1. The number of fused-ring (bicyclic) bond motifs is 2. The molecule has 0 amide bonds. The van der Waals surface area contributed by atoms with Gasteiger partial charge in [0.2, 0.25) is 0 Å². The van der Waals surface area contributed by atoms with Crippen molar-refractivity contribution in [2.45, 2.75) is 48.0 Å². The molecular weight excluding hydrogens is 627 g/mol. The Morgan fingerprint density at radius 3 is 1.43 bits per heavy atom. The summed E-state index contributed by atoms with van der Waals surface area (Å²) in [6.07, 6.45) is 8.44. The van der Waals surface area contributed by atoms with E-state index in [0.717, 1.165) is 11.4 Å². The van der Waals surface area contributed by atoms with E-state index in [2.05, 4.69) is 101 Å². The zero-order chi connectivity index (χ0) is 28.4. The quantitative estimate of drug-likeness (QED) is 0.199. The summed E-state index contributed by atoms with van der Waals surface area (Å²) in [5.74, 6) is -1.60. The van der Waals surface area contributed by atoms with Crippen LogP contribution in [0.25, 0.3) is 34.7 Å². The predicted molar refractivity (Wildman–Crippen MR) is 172 cm³/mol. The van der Waals surface area contributed by atoms with E-state index in [-0.39, 0.29) is 7.25 Å². The van der Waals surface area contributed by atoms with E-state index < -0.39 is 21.5 Å². The van der Waals surface area contributed by atoms with Gasteiger partial charge in [-0.15, -0.1) is 0 Å². The Morgan fingerprint density at radius 2 is 1.07 bits per heavy atom. The third-order valence-electron chi connectivity index (χ3n) is 9.08. The van der Waals surface area contributed by atoms with Crippen molar-refractivity contribution in [1.29, 1.82) is 0 Å². The molecule has 2 aliphatic carbocycles. The molecule has 2 unspecified atom stereocenters. The third kappa shape index (κ3) is 4.21. The number of aryl methyl sites for hydroxylation is 2. The molecule has 0 radical (unpaired) electrons. The summed E-state index contributed by atoms with van der Waals surface area (Å²) in [7, 11) is 16.8. The summed E-state index contributed by atoms with van der Waals surface area (Å²) in [5.41, 5.74) is 14.4. The van der Waals surface area contributed by atoms with Crippen molar-refractivity contribution < 1.29 is 15.6 Å². The van der Waals surface area contributed by atoms with Crippen LogP contribution in [-0.2, 0) is 15.6 Å². The van der Waals surface area contributed by atoms with E-state index in [4.69, 9.17) is 27.0 Å². The van der Waals surface area contributed by atoms with Crippen molar-refractivity contribution in [2.24, 2.45) is 0 Å². The van der Waals surface area contributed by atoms with Crippen LogP contribution in [0.3, 0.4) is 0 Å². The van der Waals surface area contributed by atoms with Crippen molar-refractivity contribution in [1.82, 2.24) is 9.97 Å². The molecule has 40 heavy (non-hydrogen) atoms. The summed E-state index contributed by atoms with van der Waals surface area (Å²) in [6, 6.07) is 21.4. The van der Waals surface area contributed by atoms with Gasteiger partial charge in [-0.1, -0.05) is 0 Å². The van der Waals surface area contributed by atoms with Gasteiger partial charge >= 0.3 is 249 Å². The molecule has 0 bridgehead atoms. The summed E-state index contributed by atoms with van der Waals surface area (Å²) in [6.45, 7) is 13.6. The molecule has 0 saturated carbocycles. The maximum atomic E-state index is 8.41. The topological polar surface area (TPSA) is 25.8 Å². The fourth-order valence-corrected chi connectivity index (χ4v) is 40.2. The van der Waals surface area contributed by atoms with E-state index in [1.165, 1.54) is 55.7 Å². The van der Waals surface area contributed by atoms with Gasteiger partial charge in [0.25, 0.3) is 0 Å². The van der Waals surface area contributed by atoms with Gasteiger partial charge in [0.05, 0.1) is 0 Å². The molecular formula is C34H35Cl2N2SiZr. The predicted octanol–water partition coefficient (Wildman–Crippen LogP) is 10.0. The Hall–Kier alpha value is -2.10. The van der Waals surface area contributed by atoms with Crippen LogP contribution in [0.4, 0.5) is 0 Å². The molecule has 0 fully saturated rings. The zero-order valence-electron chi connectivity index (χ0n) is 24.0. The molecule has 4 aromatic rings. The van der Waals surface area contributed by atoms with Crippen LogP contribution in [-0.4, -0.2) is 15.9 Å². The number of pyridine rings is 2. The standard InChI is InChI=1S/2C16H14N.C2H7Si.2ClH.Zr/c2*1-11-7-13-8-12(2)10-15(14(13)9-11)16-5-3-4-6-17-16;1-3-2;;;/h2*3-10H,1-2H3;3H,1-2H3;2*1H;/q;;;;;+2/p-2. The van der Waals surface area contributed by atoms with Crippen molar-refractivity contribution in [3.63, 3.8) is 0 Å². The number of aromatic nitrogens is 2. The number of benzene rings is 2. The average molecular weight is 662 g/mol. The van der Waals surface area contributed by atoms with Gasteiger partial charge < -0.3 is 0 Å². The molecule has 2 aromatic heterocycles. The van der Waals surface area contributed by atoms with Gasteiger partial charge in [-0.05, 0) is 0 Å². The van der Waals surface area contributed by atoms with E-state index in [9.17, 15) is 0 Å². The van der Waals surface area contributed by atoms with Gasteiger partial charge in [0.1, 0.15) is 0 Å². The second-order valence-electron chi connectivity index (χ2n) is 12.1. The van der Waals surface area contributed by atoms with Gasteiger partial charge in [0, 0.05) is 0 Å². The number of allylic oxidation sites excluding steroid dienone is 2. The molecule has 0 aliphatic heterocycles. The van der Waals surface area contributed by atoms with Gasteiger partial charge in [0.15, 0.2) is 0 Å². The van der Waals surface area contributed by atoms with E-state index >= 15 is 0 Å². The van der Waals surface area contributed by atoms with Crippen LogP contribution in [0.15, 0.2) is 84.2 Å². The SMILES string of the molecule is CC1=Cc2c(-c3ccccn3)cc(C)cc2[CH]1[Zr]([Cl])([Cl])([CH]1C(C)=Cc2c(-c3ccccn3)cc(C)cc21)[SiH](C)C. The zero-order valence-corrected chi connectivity index (χ0v) is 29.1. The fraction of sp³-hybridized carbons (Fsp3) is 0.235. The van der Waals surface area contributed by atoms with Gasteiger partial charge in [-0.25, -0.2) is 0 Å². The fourth-order valence-electron chi connectivity index (χ4n) is 7.33. The van der Waals surface area contributed by atoms with Crippen LogP contribution in [0.1, 0.15) is 54.5 Å². The van der Waals surface area contributed by atoms with Gasteiger partial charge in [-0.3, -0.25) is 0 Å². The first-order chi connectivity index (χ1) is 19.0. The normalized spacial score (nSPS) is 19.1. The molecule has 2 aromatic carbocycles. The molecule has 6 heteroatoms. The van der Waals surface area contributed by atoms with Crippen LogP contribution in [0.2, 0.25) is 13.1 Å². The minimum atomic E-state index is -4.74. The molecule has 0 spiro atoms. The molecule has 0 N–H and O–H groups in total. The number of hydrogen-bond donors (Lipinski definition) is 0. The van der Waals surface area contributed by atoms with Crippen molar-refractivity contribution in [3.8, 4) is 22.5 Å². The van der Waals surface area contributed by atoms with Crippen LogP contribution in [0.5, 0.6) is 0 Å². The first-order valence-corrected chi connectivity index (χ1v) is 30.4. The van der Waals surface area contributed by atoms with E-state index in [1.54, 1.807) is 0 Å². The number of rotatable bonds is 5.